The van der Waals surface area contributed by atoms with Gasteiger partial charge in [-0.25, -0.2) is 0 Å². The molecule has 8 nitrogen and oxygen atoms in total. The van der Waals surface area contributed by atoms with Crippen LogP contribution in [0.5, 0.6) is 5.75 Å². The summed E-state index contributed by atoms with van der Waals surface area (Å²) >= 11 is 12.7. The summed E-state index contributed by atoms with van der Waals surface area (Å²) in [7, 11) is 1.63. The Balaban J connectivity index is 1.29. The molecule has 13 heteroatoms. The molecule has 0 spiro atoms. The molecule has 1 fully saturated rings. The van der Waals surface area contributed by atoms with Crippen molar-refractivity contribution in [1.82, 2.24) is 14.8 Å². The van der Waals surface area contributed by atoms with Crippen molar-refractivity contribution in [2.45, 2.75) is 32.2 Å². The molecule has 1 aliphatic rings. The van der Waals surface area contributed by atoms with Crippen LogP contribution in [0.15, 0.2) is 71.5 Å². The normalized spacial score (nSPS) is 14.1. The lowest BCUT2D eigenvalue weighted by molar-refractivity contribution is -0.137. The van der Waals surface area contributed by atoms with Crippen LogP contribution in [0.25, 0.3) is 22.4 Å². The topological polar surface area (TPSA) is 110 Å². The van der Waals surface area contributed by atoms with Gasteiger partial charge in [-0.05, 0) is 67.9 Å². The van der Waals surface area contributed by atoms with Gasteiger partial charge < -0.3 is 24.6 Å². The second-order valence-electron chi connectivity index (χ2n) is 11.9. The van der Waals surface area contributed by atoms with Crippen LogP contribution in [-0.2, 0) is 28.9 Å². The number of likely N-dealkylation sites (tertiary alicyclic amines) is 1. The van der Waals surface area contributed by atoms with Gasteiger partial charge in [0.25, 0.3) is 5.56 Å². The summed E-state index contributed by atoms with van der Waals surface area (Å²) in [6.45, 7) is 3.39. The number of ether oxygens (including phenoxy) is 1. The number of phenols is 1. The zero-order chi connectivity index (χ0) is 35.3. The third-order valence-electron chi connectivity index (χ3n) is 8.56. The molecule has 1 aliphatic heterocycles. The number of hydrogen-bond donors (Lipinski definition) is 2. The molecule has 4 aromatic rings. The van der Waals surface area contributed by atoms with Gasteiger partial charge in [0.1, 0.15) is 17.4 Å². The number of phenolic OH excluding ortho intramolecular Hbond substituents is 1. The Kier molecular flexibility index (Phi) is 11.4. The van der Waals surface area contributed by atoms with Crippen molar-refractivity contribution in [3.05, 3.63) is 109 Å². The molecular weight excluding hydrogens is 680 g/mol. The number of piperidine rings is 1. The van der Waals surface area contributed by atoms with Crippen molar-refractivity contribution in [2.24, 2.45) is 5.92 Å². The highest BCUT2D eigenvalue weighted by Gasteiger charge is 2.32. The summed E-state index contributed by atoms with van der Waals surface area (Å²) in [6, 6.07) is 18.4. The van der Waals surface area contributed by atoms with Crippen LogP contribution in [0.1, 0.15) is 35.1 Å². The number of nitrogens with one attached hydrogen (secondary N) is 1. The molecule has 1 aromatic heterocycles. The summed E-state index contributed by atoms with van der Waals surface area (Å²) in [5, 5.41) is 21.1. The van der Waals surface area contributed by atoms with E-state index >= 15 is 0 Å². The molecule has 0 radical (unpaired) electrons. The van der Waals surface area contributed by atoms with Crippen LogP contribution in [0.3, 0.4) is 0 Å². The van der Waals surface area contributed by atoms with Crippen molar-refractivity contribution in [3.8, 4) is 34.2 Å². The molecular formula is C36H33Cl2F3N4O4. The van der Waals surface area contributed by atoms with Gasteiger partial charge in [-0.3, -0.25) is 9.59 Å². The van der Waals surface area contributed by atoms with Gasteiger partial charge in [-0.1, -0.05) is 53.5 Å². The SMILES string of the molecule is CN(Cc1cc(Cl)cc(-c2cc(-c3cc(C(F)(F)F)ccc3Cl)c(C#N)c(=O)[nH]2)c1O)C(=O)C1CCN(CCOCc2ccccc2)CC1. The fourth-order valence-corrected chi connectivity index (χ4v) is 6.38. The van der Waals surface area contributed by atoms with E-state index in [1.54, 1.807) is 13.1 Å². The van der Waals surface area contributed by atoms with Crippen LogP contribution < -0.4 is 5.56 Å². The minimum absolute atomic E-state index is 0.00140. The van der Waals surface area contributed by atoms with Crippen molar-refractivity contribution in [1.29, 1.82) is 5.26 Å². The molecule has 1 saturated heterocycles. The van der Waals surface area contributed by atoms with Gasteiger partial charge in [0, 0.05) is 58.4 Å². The standard InChI is InChI=1S/C36H33Cl2F3N4O4/c1-44(35(48)23-9-11-45(12-10-23)13-14-49-21-22-5-3-2-4-6-22)20-24-15-26(37)17-29(33(24)46)32-18-27(30(19-42)34(47)43-32)28-16-25(36(39,40)41)7-8-31(28)38/h2-8,15-18,23,46H,9-14,20-21H2,1H3,(H,43,47). The predicted octanol–water partition coefficient (Wildman–Crippen LogP) is 7.50. The minimum Gasteiger partial charge on any atom is -0.507 e. The quantitative estimate of drug-likeness (QED) is 0.165. The number of aromatic hydroxyl groups is 1. The number of carbonyl (C=O) groups is 1. The van der Waals surface area contributed by atoms with E-state index in [9.17, 15) is 33.1 Å². The monoisotopic (exact) mass is 712 g/mol. The molecule has 2 N–H and O–H groups in total. The van der Waals surface area contributed by atoms with Gasteiger partial charge in [-0.2, -0.15) is 18.4 Å². The molecule has 3 aromatic carbocycles. The lowest BCUT2D eigenvalue weighted by atomic mass is 9.95. The van der Waals surface area contributed by atoms with Crippen LogP contribution >= 0.6 is 23.2 Å². The second-order valence-corrected chi connectivity index (χ2v) is 12.8. The maximum absolute atomic E-state index is 13.5. The number of pyridine rings is 1. The molecule has 256 valence electrons. The number of halogens is 5. The first kappa shape index (κ1) is 36.0. The van der Waals surface area contributed by atoms with Gasteiger partial charge in [0.15, 0.2) is 0 Å². The number of nitrogens with zero attached hydrogens (tertiary/aromatic N) is 3. The van der Waals surface area contributed by atoms with Crippen LogP contribution in [-0.4, -0.2) is 59.1 Å². The number of amides is 1. The number of H-pyrrole nitrogens is 1. The van der Waals surface area contributed by atoms with Crippen LogP contribution in [0.2, 0.25) is 10.0 Å². The van der Waals surface area contributed by atoms with Gasteiger partial charge in [0.2, 0.25) is 5.91 Å². The van der Waals surface area contributed by atoms with Gasteiger partial charge >= 0.3 is 6.18 Å². The number of aromatic amines is 1. The van der Waals surface area contributed by atoms with Crippen molar-refractivity contribution in [2.75, 3.05) is 33.3 Å². The summed E-state index contributed by atoms with van der Waals surface area (Å²) < 4.78 is 46.3. The summed E-state index contributed by atoms with van der Waals surface area (Å²) in [5.74, 6) is -0.591. The van der Waals surface area contributed by atoms with E-state index in [2.05, 4.69) is 9.88 Å². The lowest BCUT2D eigenvalue weighted by Gasteiger charge is -2.33. The number of hydrogen-bond acceptors (Lipinski definition) is 6. The second kappa shape index (κ2) is 15.5. The largest absolute Gasteiger partial charge is 0.507 e. The molecule has 0 saturated carbocycles. The van der Waals surface area contributed by atoms with Gasteiger partial charge in [-0.15, -0.1) is 0 Å². The summed E-state index contributed by atoms with van der Waals surface area (Å²) in [6.07, 6.45) is -3.36. The Bertz CT molecular complexity index is 1920. The molecule has 5 rings (SSSR count). The number of alkyl halides is 3. The molecule has 0 aliphatic carbocycles. The predicted molar refractivity (Wildman–Crippen MR) is 181 cm³/mol. The molecule has 0 unspecified atom stereocenters. The van der Waals surface area contributed by atoms with Crippen LogP contribution in [0, 0.1) is 17.2 Å². The van der Waals surface area contributed by atoms with E-state index in [0.717, 1.165) is 43.4 Å². The fraction of sp³-hybridized carbons (Fsp3) is 0.306. The Hall–Kier alpha value is -4.34. The fourth-order valence-electron chi connectivity index (χ4n) is 5.92. The van der Waals surface area contributed by atoms with E-state index < -0.39 is 22.9 Å². The first-order valence-electron chi connectivity index (χ1n) is 15.5. The Labute approximate surface area is 291 Å². The highest BCUT2D eigenvalue weighted by Crippen LogP contribution is 2.40. The number of nitriles is 1. The summed E-state index contributed by atoms with van der Waals surface area (Å²) in [4.78, 5) is 32.7. The number of rotatable bonds is 10. The first-order valence-corrected chi connectivity index (χ1v) is 16.3. The average Bonchev–Trinajstić information content (AvgIpc) is 3.08. The third-order valence-corrected chi connectivity index (χ3v) is 9.10. The average molecular weight is 714 g/mol. The zero-order valence-electron chi connectivity index (χ0n) is 26.5. The van der Waals surface area contributed by atoms with Crippen molar-refractivity contribution < 1.29 is 27.8 Å². The number of carbonyl (C=O) groups excluding carboxylic acids is 1. The highest BCUT2D eigenvalue weighted by atomic mass is 35.5. The maximum atomic E-state index is 13.5. The molecule has 0 bridgehead atoms. The van der Waals surface area contributed by atoms with E-state index in [1.165, 1.54) is 23.1 Å². The smallest absolute Gasteiger partial charge is 0.416 e. The minimum atomic E-state index is -4.70. The Morgan fingerprint density at radius 1 is 1.06 bits per heavy atom. The van der Waals surface area contributed by atoms with E-state index in [0.29, 0.717) is 26.1 Å². The van der Waals surface area contributed by atoms with E-state index in [-0.39, 0.29) is 62.1 Å². The number of aromatic nitrogens is 1. The first-order chi connectivity index (χ1) is 23.3. The van der Waals surface area contributed by atoms with Crippen molar-refractivity contribution >= 4 is 29.1 Å². The molecule has 0 atom stereocenters. The van der Waals surface area contributed by atoms with Crippen molar-refractivity contribution in [3.63, 3.8) is 0 Å². The van der Waals surface area contributed by atoms with Gasteiger partial charge in [0.05, 0.1) is 24.5 Å². The Morgan fingerprint density at radius 3 is 2.45 bits per heavy atom. The Morgan fingerprint density at radius 2 is 1.78 bits per heavy atom. The van der Waals surface area contributed by atoms with E-state index in [1.807, 2.05) is 30.3 Å². The number of benzene rings is 3. The molecule has 1 amide bonds. The molecule has 49 heavy (non-hydrogen) atoms. The molecule has 2 heterocycles. The zero-order valence-corrected chi connectivity index (χ0v) is 28.0. The maximum Gasteiger partial charge on any atom is 0.416 e. The van der Waals surface area contributed by atoms with Crippen LogP contribution in [0.4, 0.5) is 13.2 Å². The lowest BCUT2D eigenvalue weighted by Crippen LogP contribution is -2.42. The van der Waals surface area contributed by atoms with E-state index in [4.69, 9.17) is 27.9 Å². The summed E-state index contributed by atoms with van der Waals surface area (Å²) in [5.41, 5.74) is -1.26. The highest BCUT2D eigenvalue weighted by molar-refractivity contribution is 6.33. The third kappa shape index (κ3) is 8.64.